The van der Waals surface area contributed by atoms with Crippen LogP contribution in [0.5, 0.6) is 0 Å². The Kier molecular flexibility index (Phi) is 3.06. The lowest BCUT2D eigenvalue weighted by Crippen LogP contribution is -1.97. The molecule has 0 aliphatic rings. The summed E-state index contributed by atoms with van der Waals surface area (Å²) in [6.07, 6.45) is 3.87. The van der Waals surface area contributed by atoms with Crippen molar-refractivity contribution in [2.24, 2.45) is 0 Å². The van der Waals surface area contributed by atoms with Crippen LogP contribution in [0.4, 0.5) is 10.1 Å². The summed E-state index contributed by atoms with van der Waals surface area (Å²) < 4.78 is 12.8. The smallest absolute Gasteiger partial charge is 0.124 e. The van der Waals surface area contributed by atoms with Gasteiger partial charge in [-0.3, -0.25) is 4.98 Å². The van der Waals surface area contributed by atoms with Crippen molar-refractivity contribution in [3.63, 3.8) is 0 Å². The monoisotopic (exact) mass is 236 g/mol. The lowest BCUT2D eigenvalue weighted by molar-refractivity contribution is 0.627. The van der Waals surface area contributed by atoms with Gasteiger partial charge in [0.25, 0.3) is 0 Å². The van der Waals surface area contributed by atoms with Crippen molar-refractivity contribution < 1.29 is 4.39 Å². The van der Waals surface area contributed by atoms with Crippen LogP contribution >= 0.6 is 11.6 Å². The van der Waals surface area contributed by atoms with Gasteiger partial charge in [0.1, 0.15) is 5.82 Å². The van der Waals surface area contributed by atoms with Gasteiger partial charge in [-0.15, -0.1) is 0 Å². The highest BCUT2D eigenvalue weighted by molar-refractivity contribution is 6.31. The number of hydrogen-bond donors (Lipinski definition) is 1. The molecular formula is C12H10ClFN2. The van der Waals surface area contributed by atoms with E-state index in [1.807, 2.05) is 0 Å². The van der Waals surface area contributed by atoms with Crippen LogP contribution in [0.2, 0.25) is 5.02 Å². The van der Waals surface area contributed by atoms with Crippen molar-refractivity contribution in [1.82, 2.24) is 4.98 Å². The molecule has 0 saturated carbocycles. The van der Waals surface area contributed by atoms with Gasteiger partial charge in [-0.1, -0.05) is 17.7 Å². The SMILES string of the molecule is Nc1ccncc1Cc1ccc(F)cc1Cl. The third kappa shape index (κ3) is 2.31. The topological polar surface area (TPSA) is 38.9 Å². The molecule has 2 rings (SSSR count). The number of halogens is 2. The summed E-state index contributed by atoms with van der Waals surface area (Å²) in [5.41, 5.74) is 8.17. The van der Waals surface area contributed by atoms with Crippen LogP contribution in [-0.4, -0.2) is 4.98 Å². The molecule has 1 heterocycles. The van der Waals surface area contributed by atoms with Gasteiger partial charge < -0.3 is 5.73 Å². The molecule has 2 aromatic rings. The van der Waals surface area contributed by atoms with E-state index in [0.717, 1.165) is 11.1 Å². The van der Waals surface area contributed by atoms with Crippen molar-refractivity contribution in [3.8, 4) is 0 Å². The average Bonchev–Trinajstić information content (AvgIpc) is 2.25. The van der Waals surface area contributed by atoms with Crippen molar-refractivity contribution >= 4 is 17.3 Å². The molecule has 4 heteroatoms. The number of nitrogen functional groups attached to an aromatic ring is 1. The summed E-state index contributed by atoms with van der Waals surface area (Å²) in [6, 6.07) is 6.06. The van der Waals surface area contributed by atoms with Gasteiger partial charge in [0.15, 0.2) is 0 Å². The molecule has 0 radical (unpaired) electrons. The normalized spacial score (nSPS) is 10.4. The number of rotatable bonds is 2. The Labute approximate surface area is 97.9 Å². The Balaban J connectivity index is 2.31. The van der Waals surface area contributed by atoms with E-state index >= 15 is 0 Å². The molecule has 1 aromatic carbocycles. The number of nitrogens with two attached hydrogens (primary N) is 1. The summed E-state index contributed by atoms with van der Waals surface area (Å²) >= 11 is 5.93. The van der Waals surface area contributed by atoms with Crippen LogP contribution in [0.3, 0.4) is 0 Å². The molecule has 0 saturated heterocycles. The highest BCUT2D eigenvalue weighted by atomic mass is 35.5. The van der Waals surface area contributed by atoms with Crippen molar-refractivity contribution in [1.29, 1.82) is 0 Å². The van der Waals surface area contributed by atoms with E-state index in [4.69, 9.17) is 17.3 Å². The van der Waals surface area contributed by atoms with Gasteiger partial charge in [0.2, 0.25) is 0 Å². The van der Waals surface area contributed by atoms with Crippen LogP contribution in [0.15, 0.2) is 36.7 Å². The fraction of sp³-hybridized carbons (Fsp3) is 0.0833. The van der Waals surface area contributed by atoms with Gasteiger partial charge in [0.05, 0.1) is 0 Å². The summed E-state index contributed by atoms with van der Waals surface area (Å²) in [5.74, 6) is -0.340. The van der Waals surface area contributed by atoms with Crippen LogP contribution in [0.1, 0.15) is 11.1 Å². The fourth-order valence-corrected chi connectivity index (χ4v) is 1.69. The quantitative estimate of drug-likeness (QED) is 0.871. The minimum absolute atomic E-state index is 0.340. The van der Waals surface area contributed by atoms with E-state index in [9.17, 15) is 4.39 Å². The second-order valence-electron chi connectivity index (χ2n) is 3.49. The molecule has 0 spiro atoms. The molecule has 0 amide bonds. The van der Waals surface area contributed by atoms with Gasteiger partial charge in [-0.2, -0.15) is 0 Å². The number of pyridine rings is 1. The molecule has 0 unspecified atom stereocenters. The molecule has 0 bridgehead atoms. The van der Waals surface area contributed by atoms with Gasteiger partial charge in [-0.05, 0) is 29.3 Å². The molecule has 0 fully saturated rings. The summed E-state index contributed by atoms with van der Waals surface area (Å²) in [6.45, 7) is 0. The van der Waals surface area contributed by atoms with E-state index < -0.39 is 0 Å². The summed E-state index contributed by atoms with van der Waals surface area (Å²) in [4.78, 5) is 3.99. The van der Waals surface area contributed by atoms with E-state index in [1.165, 1.54) is 12.1 Å². The predicted molar refractivity (Wildman–Crippen MR) is 62.9 cm³/mol. The molecule has 2 N–H and O–H groups in total. The number of nitrogens with zero attached hydrogens (tertiary/aromatic N) is 1. The van der Waals surface area contributed by atoms with Crippen molar-refractivity contribution in [2.75, 3.05) is 5.73 Å². The number of benzene rings is 1. The van der Waals surface area contributed by atoms with Crippen LogP contribution in [-0.2, 0) is 6.42 Å². The zero-order valence-corrected chi connectivity index (χ0v) is 9.21. The largest absolute Gasteiger partial charge is 0.398 e. The zero-order chi connectivity index (χ0) is 11.5. The Morgan fingerprint density at radius 2 is 2.06 bits per heavy atom. The Bertz CT molecular complexity index is 514. The predicted octanol–water partition coefficient (Wildman–Crippen LogP) is 3.05. The van der Waals surface area contributed by atoms with E-state index in [-0.39, 0.29) is 5.82 Å². The minimum atomic E-state index is -0.340. The first-order chi connectivity index (χ1) is 7.66. The molecule has 2 nitrogen and oxygen atoms in total. The van der Waals surface area contributed by atoms with E-state index in [0.29, 0.717) is 17.1 Å². The Morgan fingerprint density at radius 3 is 2.75 bits per heavy atom. The molecule has 82 valence electrons. The second-order valence-corrected chi connectivity index (χ2v) is 3.89. The highest BCUT2D eigenvalue weighted by Crippen LogP contribution is 2.22. The third-order valence-corrected chi connectivity index (χ3v) is 2.69. The minimum Gasteiger partial charge on any atom is -0.398 e. The number of aromatic nitrogens is 1. The van der Waals surface area contributed by atoms with Gasteiger partial charge in [-0.25, -0.2) is 4.39 Å². The first kappa shape index (κ1) is 10.9. The van der Waals surface area contributed by atoms with Crippen LogP contribution in [0, 0.1) is 5.82 Å². The first-order valence-electron chi connectivity index (χ1n) is 4.79. The second kappa shape index (κ2) is 4.49. The zero-order valence-electron chi connectivity index (χ0n) is 8.45. The molecule has 0 aliphatic heterocycles. The fourth-order valence-electron chi connectivity index (χ4n) is 1.46. The molecule has 0 atom stereocenters. The molecule has 1 aromatic heterocycles. The van der Waals surface area contributed by atoms with E-state index in [1.54, 1.807) is 24.5 Å². The first-order valence-corrected chi connectivity index (χ1v) is 5.17. The van der Waals surface area contributed by atoms with Crippen molar-refractivity contribution in [2.45, 2.75) is 6.42 Å². The van der Waals surface area contributed by atoms with Crippen molar-refractivity contribution in [3.05, 3.63) is 58.6 Å². The third-order valence-electron chi connectivity index (χ3n) is 2.34. The van der Waals surface area contributed by atoms with Gasteiger partial charge >= 0.3 is 0 Å². The van der Waals surface area contributed by atoms with E-state index in [2.05, 4.69) is 4.98 Å². The lowest BCUT2D eigenvalue weighted by atomic mass is 10.1. The Morgan fingerprint density at radius 1 is 1.25 bits per heavy atom. The standard InChI is InChI=1S/C12H10ClFN2/c13-11-6-10(14)2-1-8(11)5-9-7-16-4-3-12(9)15/h1-4,6-7H,5H2,(H2,15,16). The average molecular weight is 237 g/mol. The maximum absolute atomic E-state index is 12.8. The maximum atomic E-state index is 12.8. The van der Waals surface area contributed by atoms with Crippen LogP contribution in [0.25, 0.3) is 0 Å². The lowest BCUT2D eigenvalue weighted by Gasteiger charge is -2.06. The highest BCUT2D eigenvalue weighted by Gasteiger charge is 2.05. The molecule has 0 aliphatic carbocycles. The summed E-state index contributed by atoms with van der Waals surface area (Å²) in [5, 5.41) is 0.406. The molecular weight excluding hydrogens is 227 g/mol. The number of hydrogen-bond acceptors (Lipinski definition) is 2. The maximum Gasteiger partial charge on any atom is 0.124 e. The van der Waals surface area contributed by atoms with Gasteiger partial charge in [0, 0.05) is 29.5 Å². The molecule has 16 heavy (non-hydrogen) atoms. The van der Waals surface area contributed by atoms with Crippen LogP contribution < -0.4 is 5.73 Å². The number of anilines is 1. The summed E-state index contributed by atoms with van der Waals surface area (Å²) in [7, 11) is 0. The Hall–Kier alpha value is -1.61.